The monoisotopic (exact) mass is 363 g/mol. The summed E-state index contributed by atoms with van der Waals surface area (Å²) in [6.07, 6.45) is 3.65. The topological polar surface area (TPSA) is 80.5 Å². The molecule has 3 aromatic heterocycles. The summed E-state index contributed by atoms with van der Waals surface area (Å²) in [5.41, 5.74) is 3.43. The number of fused-ring (bicyclic) bond motifs is 2. The molecule has 0 atom stereocenters. The molecule has 128 valence electrons. The number of pyridine rings is 1. The van der Waals surface area contributed by atoms with Crippen LogP contribution in [-0.2, 0) is 16.1 Å². The number of aromatic nitrogens is 2. The minimum atomic E-state index is -0.392. The van der Waals surface area contributed by atoms with Crippen molar-refractivity contribution in [2.45, 2.75) is 11.8 Å². The van der Waals surface area contributed by atoms with Gasteiger partial charge in [0.25, 0.3) is 5.22 Å². The van der Waals surface area contributed by atoms with E-state index in [0.29, 0.717) is 21.9 Å². The Bertz CT molecular complexity index is 1110. The molecular formula is C19H13N3O3S. The SMILES string of the molecule is N#Cc1c(COC(=O)CSc2nc3ccccc3o2)cn2ccccc12. The average molecular weight is 363 g/mol. The third-order valence-electron chi connectivity index (χ3n) is 3.85. The number of para-hydroxylation sites is 2. The van der Waals surface area contributed by atoms with Gasteiger partial charge in [0.05, 0.1) is 11.1 Å². The van der Waals surface area contributed by atoms with E-state index >= 15 is 0 Å². The summed E-state index contributed by atoms with van der Waals surface area (Å²) in [6, 6.07) is 15.2. The van der Waals surface area contributed by atoms with Crippen LogP contribution in [0, 0.1) is 11.3 Å². The molecule has 0 saturated heterocycles. The first-order valence-corrected chi connectivity index (χ1v) is 8.86. The van der Waals surface area contributed by atoms with Crippen molar-refractivity contribution in [3.63, 3.8) is 0 Å². The van der Waals surface area contributed by atoms with Gasteiger partial charge in [0.2, 0.25) is 0 Å². The lowest BCUT2D eigenvalue weighted by molar-refractivity contribution is -0.141. The van der Waals surface area contributed by atoms with E-state index < -0.39 is 5.97 Å². The summed E-state index contributed by atoms with van der Waals surface area (Å²) in [5.74, 6) is -0.307. The first kappa shape index (κ1) is 16.2. The lowest BCUT2D eigenvalue weighted by atomic mass is 10.2. The lowest BCUT2D eigenvalue weighted by Gasteiger charge is -2.02. The van der Waals surface area contributed by atoms with Gasteiger partial charge in [-0.15, -0.1) is 0 Å². The highest BCUT2D eigenvalue weighted by Crippen LogP contribution is 2.23. The third-order valence-corrected chi connectivity index (χ3v) is 4.65. The highest BCUT2D eigenvalue weighted by atomic mass is 32.2. The maximum atomic E-state index is 12.0. The van der Waals surface area contributed by atoms with E-state index in [9.17, 15) is 10.1 Å². The fraction of sp³-hybridized carbons (Fsp3) is 0.105. The number of hydrogen-bond donors (Lipinski definition) is 0. The van der Waals surface area contributed by atoms with Crippen LogP contribution in [0.15, 0.2) is 64.5 Å². The number of benzene rings is 1. The quantitative estimate of drug-likeness (QED) is 0.396. The van der Waals surface area contributed by atoms with Gasteiger partial charge in [-0.3, -0.25) is 4.79 Å². The number of hydrogen-bond acceptors (Lipinski definition) is 6. The predicted octanol–water partition coefficient (Wildman–Crippen LogP) is 3.79. The second-order valence-corrected chi connectivity index (χ2v) is 6.46. The van der Waals surface area contributed by atoms with Crippen molar-refractivity contribution in [2.75, 3.05) is 5.75 Å². The van der Waals surface area contributed by atoms with E-state index in [1.165, 1.54) is 11.8 Å². The normalized spacial score (nSPS) is 10.9. The van der Waals surface area contributed by atoms with Crippen LogP contribution in [0.1, 0.15) is 11.1 Å². The second kappa shape index (κ2) is 6.94. The molecule has 0 radical (unpaired) electrons. The molecule has 1 aromatic carbocycles. The lowest BCUT2D eigenvalue weighted by Crippen LogP contribution is -2.07. The molecule has 0 saturated carbocycles. The summed E-state index contributed by atoms with van der Waals surface area (Å²) in [4.78, 5) is 16.3. The molecular weight excluding hydrogens is 350 g/mol. The maximum Gasteiger partial charge on any atom is 0.316 e. The Morgan fingerprint density at radius 1 is 1.27 bits per heavy atom. The summed E-state index contributed by atoms with van der Waals surface area (Å²) in [6.45, 7) is 0.0531. The molecule has 6 nitrogen and oxygen atoms in total. The molecule has 0 aliphatic carbocycles. The summed E-state index contributed by atoms with van der Waals surface area (Å²) < 4.78 is 12.7. The number of oxazole rings is 1. The molecule has 0 amide bonds. The Morgan fingerprint density at radius 3 is 2.96 bits per heavy atom. The number of thioether (sulfide) groups is 1. The maximum absolute atomic E-state index is 12.0. The van der Waals surface area contributed by atoms with E-state index in [0.717, 1.165) is 11.0 Å². The van der Waals surface area contributed by atoms with Crippen molar-refractivity contribution in [1.82, 2.24) is 9.38 Å². The van der Waals surface area contributed by atoms with Crippen LogP contribution >= 0.6 is 11.8 Å². The molecule has 0 N–H and O–H groups in total. The van der Waals surface area contributed by atoms with Crippen molar-refractivity contribution in [3.8, 4) is 6.07 Å². The van der Waals surface area contributed by atoms with E-state index in [1.807, 2.05) is 53.1 Å². The summed E-state index contributed by atoms with van der Waals surface area (Å²) >= 11 is 1.18. The van der Waals surface area contributed by atoms with Gasteiger partial charge < -0.3 is 13.6 Å². The molecule has 3 heterocycles. The number of nitriles is 1. The third kappa shape index (κ3) is 3.15. The molecule has 7 heteroatoms. The molecule has 0 spiro atoms. The minimum absolute atomic E-state index is 0.0531. The van der Waals surface area contributed by atoms with Crippen molar-refractivity contribution < 1.29 is 13.9 Å². The van der Waals surface area contributed by atoms with Gasteiger partial charge >= 0.3 is 5.97 Å². The van der Waals surface area contributed by atoms with Gasteiger partial charge in [0.1, 0.15) is 23.9 Å². The zero-order valence-electron chi connectivity index (χ0n) is 13.6. The molecule has 0 aliphatic heterocycles. The zero-order chi connectivity index (χ0) is 17.9. The van der Waals surface area contributed by atoms with Gasteiger partial charge in [0, 0.05) is 18.0 Å². The van der Waals surface area contributed by atoms with Gasteiger partial charge in [-0.1, -0.05) is 30.0 Å². The summed E-state index contributed by atoms with van der Waals surface area (Å²) in [7, 11) is 0. The highest BCUT2D eigenvalue weighted by molar-refractivity contribution is 7.99. The van der Waals surface area contributed by atoms with Gasteiger partial charge in [-0.25, -0.2) is 4.98 Å². The highest BCUT2D eigenvalue weighted by Gasteiger charge is 2.14. The van der Waals surface area contributed by atoms with Crippen LogP contribution in [0.4, 0.5) is 0 Å². The Balaban J connectivity index is 1.39. The van der Waals surface area contributed by atoms with Crippen LogP contribution in [0.5, 0.6) is 0 Å². The second-order valence-electron chi connectivity index (χ2n) is 5.53. The van der Waals surface area contributed by atoms with E-state index in [-0.39, 0.29) is 12.4 Å². The van der Waals surface area contributed by atoms with E-state index in [2.05, 4.69) is 11.1 Å². The smallest absolute Gasteiger partial charge is 0.316 e. The molecule has 4 aromatic rings. The van der Waals surface area contributed by atoms with Crippen LogP contribution in [-0.4, -0.2) is 21.1 Å². The number of esters is 1. The fourth-order valence-electron chi connectivity index (χ4n) is 2.65. The number of rotatable bonds is 5. The Morgan fingerprint density at radius 2 is 2.12 bits per heavy atom. The Labute approximate surface area is 153 Å². The van der Waals surface area contributed by atoms with Gasteiger partial charge in [-0.2, -0.15) is 5.26 Å². The Kier molecular flexibility index (Phi) is 4.33. The molecule has 0 unspecified atom stereocenters. The first-order valence-electron chi connectivity index (χ1n) is 7.87. The molecule has 4 rings (SSSR count). The number of carbonyl (C=O) groups excluding carboxylic acids is 1. The van der Waals surface area contributed by atoms with Crippen LogP contribution in [0.2, 0.25) is 0 Å². The van der Waals surface area contributed by atoms with Crippen LogP contribution in [0.25, 0.3) is 16.6 Å². The molecule has 0 bridgehead atoms. The number of ether oxygens (including phenoxy) is 1. The standard InChI is InChI=1S/C19H13N3O3S/c20-9-14-13(10-22-8-4-3-6-16(14)22)11-24-18(23)12-26-19-21-15-5-1-2-7-17(15)25-19/h1-8,10H,11-12H2. The number of carbonyl (C=O) groups is 1. The molecule has 0 fully saturated rings. The fourth-order valence-corrected chi connectivity index (χ4v) is 3.29. The van der Waals surface area contributed by atoms with E-state index in [1.54, 1.807) is 6.20 Å². The van der Waals surface area contributed by atoms with Crippen molar-refractivity contribution in [1.29, 1.82) is 5.26 Å². The minimum Gasteiger partial charge on any atom is -0.460 e. The average Bonchev–Trinajstić information content (AvgIpc) is 3.24. The molecule has 26 heavy (non-hydrogen) atoms. The van der Waals surface area contributed by atoms with Crippen molar-refractivity contribution in [3.05, 3.63) is 66.0 Å². The molecule has 0 aliphatic rings. The first-order chi connectivity index (χ1) is 12.7. The summed E-state index contributed by atoms with van der Waals surface area (Å²) in [5, 5.41) is 9.79. The largest absolute Gasteiger partial charge is 0.460 e. The Hall–Kier alpha value is -3.24. The predicted molar refractivity (Wildman–Crippen MR) is 96.6 cm³/mol. The zero-order valence-corrected chi connectivity index (χ0v) is 14.4. The van der Waals surface area contributed by atoms with Crippen molar-refractivity contribution >= 4 is 34.3 Å². The number of nitrogens with zero attached hydrogens (tertiary/aromatic N) is 3. The van der Waals surface area contributed by atoms with Gasteiger partial charge in [-0.05, 0) is 24.3 Å². The van der Waals surface area contributed by atoms with E-state index in [4.69, 9.17) is 9.15 Å². The van der Waals surface area contributed by atoms with Crippen LogP contribution in [0.3, 0.4) is 0 Å². The van der Waals surface area contributed by atoms with Crippen molar-refractivity contribution in [2.24, 2.45) is 0 Å². The van der Waals surface area contributed by atoms with Crippen LogP contribution < -0.4 is 0 Å². The van der Waals surface area contributed by atoms with Gasteiger partial charge in [0.15, 0.2) is 5.58 Å².